The molecule has 12 heteroatoms. The van der Waals surface area contributed by atoms with Gasteiger partial charge in [0.2, 0.25) is 5.91 Å². The number of nitrogens with one attached hydrogen (secondary N) is 1. The minimum Gasteiger partial charge on any atom is -0.341 e. The van der Waals surface area contributed by atoms with Gasteiger partial charge in [-0.25, -0.2) is 9.18 Å². The highest BCUT2D eigenvalue weighted by atomic mass is 19.4. The molecular weight excluding hydrogens is 460 g/mol. The third-order valence-corrected chi connectivity index (χ3v) is 6.51. The SMILES string of the molecule is CCC(NC(=O)c1cc(C(F)(F)F)ccc1F)C(=O)N1CCC2(CC1)C(=O)N(C)C(=O)N2CC. The summed E-state index contributed by atoms with van der Waals surface area (Å²) in [4.78, 5) is 54.7. The largest absolute Gasteiger partial charge is 0.416 e. The molecule has 2 fully saturated rings. The fraction of sp³-hybridized carbons (Fsp3) is 0.545. The maximum Gasteiger partial charge on any atom is 0.416 e. The van der Waals surface area contributed by atoms with Crippen molar-refractivity contribution in [1.29, 1.82) is 0 Å². The van der Waals surface area contributed by atoms with E-state index in [0.717, 1.165) is 4.90 Å². The Morgan fingerprint density at radius 1 is 1.15 bits per heavy atom. The number of hydrogen-bond donors (Lipinski definition) is 1. The maximum atomic E-state index is 14.1. The molecule has 5 amide bonds. The topological polar surface area (TPSA) is 90.0 Å². The van der Waals surface area contributed by atoms with E-state index in [2.05, 4.69) is 5.32 Å². The van der Waals surface area contributed by atoms with Crippen molar-refractivity contribution in [1.82, 2.24) is 20.0 Å². The van der Waals surface area contributed by atoms with Crippen LogP contribution in [0.2, 0.25) is 0 Å². The Bertz CT molecular complexity index is 1010. The lowest BCUT2D eigenvalue weighted by Gasteiger charge is -2.42. The number of halogens is 4. The number of amides is 5. The van der Waals surface area contributed by atoms with Gasteiger partial charge in [-0.05, 0) is 44.4 Å². The van der Waals surface area contributed by atoms with Gasteiger partial charge in [0.1, 0.15) is 17.4 Å². The molecule has 34 heavy (non-hydrogen) atoms. The van der Waals surface area contributed by atoms with Crippen LogP contribution < -0.4 is 5.32 Å². The first-order valence-electron chi connectivity index (χ1n) is 10.9. The van der Waals surface area contributed by atoms with Gasteiger partial charge < -0.3 is 15.1 Å². The molecule has 8 nitrogen and oxygen atoms in total. The molecule has 2 aliphatic rings. The van der Waals surface area contributed by atoms with E-state index < -0.39 is 52.5 Å². The molecule has 0 aliphatic carbocycles. The second-order valence-electron chi connectivity index (χ2n) is 8.37. The first-order chi connectivity index (χ1) is 15.9. The zero-order valence-electron chi connectivity index (χ0n) is 19.0. The summed E-state index contributed by atoms with van der Waals surface area (Å²) in [5.74, 6) is -3.09. The average molecular weight is 486 g/mol. The van der Waals surface area contributed by atoms with Crippen LogP contribution in [0.5, 0.6) is 0 Å². The Hall–Kier alpha value is -3.18. The Morgan fingerprint density at radius 2 is 1.76 bits per heavy atom. The van der Waals surface area contributed by atoms with Gasteiger partial charge in [0, 0.05) is 26.7 Å². The zero-order valence-corrected chi connectivity index (χ0v) is 19.0. The third kappa shape index (κ3) is 4.32. The average Bonchev–Trinajstić information content (AvgIpc) is 2.97. The lowest BCUT2D eigenvalue weighted by Crippen LogP contribution is -2.59. The van der Waals surface area contributed by atoms with E-state index in [4.69, 9.17) is 0 Å². The van der Waals surface area contributed by atoms with Crippen molar-refractivity contribution in [3.8, 4) is 0 Å². The van der Waals surface area contributed by atoms with E-state index in [1.165, 1.54) is 16.8 Å². The van der Waals surface area contributed by atoms with E-state index >= 15 is 0 Å². The van der Waals surface area contributed by atoms with Crippen molar-refractivity contribution in [2.45, 2.75) is 50.9 Å². The first kappa shape index (κ1) is 25.4. The molecule has 3 rings (SSSR count). The van der Waals surface area contributed by atoms with Crippen LogP contribution in [0.3, 0.4) is 0 Å². The molecule has 2 heterocycles. The molecule has 0 radical (unpaired) electrons. The van der Waals surface area contributed by atoms with Crippen molar-refractivity contribution < 1.29 is 36.7 Å². The normalized spacial score (nSPS) is 19.1. The van der Waals surface area contributed by atoms with Crippen LogP contribution in [-0.2, 0) is 15.8 Å². The lowest BCUT2D eigenvalue weighted by atomic mass is 9.85. The van der Waals surface area contributed by atoms with Crippen molar-refractivity contribution in [3.63, 3.8) is 0 Å². The highest BCUT2D eigenvalue weighted by molar-refractivity contribution is 6.07. The number of likely N-dealkylation sites (tertiary alicyclic amines) is 1. The van der Waals surface area contributed by atoms with E-state index in [1.807, 2.05) is 0 Å². The van der Waals surface area contributed by atoms with Crippen LogP contribution in [-0.4, -0.2) is 76.7 Å². The van der Waals surface area contributed by atoms with Crippen molar-refractivity contribution >= 4 is 23.8 Å². The van der Waals surface area contributed by atoms with E-state index in [9.17, 15) is 36.7 Å². The highest BCUT2D eigenvalue weighted by Gasteiger charge is 2.56. The summed E-state index contributed by atoms with van der Waals surface area (Å²) < 4.78 is 52.9. The monoisotopic (exact) mass is 486 g/mol. The molecule has 1 aromatic rings. The van der Waals surface area contributed by atoms with Gasteiger partial charge in [-0.15, -0.1) is 0 Å². The second kappa shape index (κ2) is 9.22. The van der Waals surface area contributed by atoms with Gasteiger partial charge in [-0.3, -0.25) is 19.3 Å². The number of benzene rings is 1. The number of hydrogen-bond acceptors (Lipinski definition) is 4. The molecular formula is C22H26F4N4O4. The molecule has 0 bridgehead atoms. The van der Waals surface area contributed by atoms with Gasteiger partial charge in [0.05, 0.1) is 11.1 Å². The van der Waals surface area contributed by atoms with Gasteiger partial charge in [0.15, 0.2) is 0 Å². The number of alkyl halides is 3. The number of carbonyl (C=O) groups is 4. The summed E-state index contributed by atoms with van der Waals surface area (Å²) in [6.07, 6.45) is -4.21. The van der Waals surface area contributed by atoms with Gasteiger partial charge in [-0.1, -0.05) is 6.92 Å². The molecule has 1 unspecified atom stereocenters. The molecule has 1 spiro atoms. The molecule has 2 aliphatic heterocycles. The van der Waals surface area contributed by atoms with Crippen molar-refractivity contribution in [3.05, 3.63) is 35.1 Å². The Balaban J connectivity index is 1.71. The minimum atomic E-state index is -4.76. The number of piperidine rings is 1. The quantitative estimate of drug-likeness (QED) is 0.512. The molecule has 1 atom stereocenters. The van der Waals surface area contributed by atoms with E-state index in [0.29, 0.717) is 24.7 Å². The number of urea groups is 1. The minimum absolute atomic E-state index is 0.119. The number of likely N-dealkylation sites (N-methyl/N-ethyl adjacent to an activating group) is 2. The van der Waals surface area contributed by atoms with E-state index in [1.54, 1.807) is 13.8 Å². The number of carbonyl (C=O) groups excluding carboxylic acids is 4. The lowest BCUT2D eigenvalue weighted by molar-refractivity contribution is -0.141. The summed E-state index contributed by atoms with van der Waals surface area (Å²) in [5.41, 5.74) is -3.01. The molecule has 186 valence electrons. The van der Waals surface area contributed by atoms with Crippen LogP contribution in [0.1, 0.15) is 49.0 Å². The standard InChI is InChI=1S/C22H26F4N4O4/c1-4-16(27-17(31)14-12-13(22(24,25)26)6-7-15(14)23)18(32)29-10-8-21(9-11-29)19(33)28(3)20(34)30(21)5-2/h6-7,12,16H,4-5,8-11H2,1-3H3,(H,27,31). The summed E-state index contributed by atoms with van der Waals surface area (Å²) in [6.45, 7) is 3.99. The smallest absolute Gasteiger partial charge is 0.341 e. The summed E-state index contributed by atoms with van der Waals surface area (Å²) in [5, 5.41) is 2.33. The summed E-state index contributed by atoms with van der Waals surface area (Å²) >= 11 is 0. The maximum absolute atomic E-state index is 14.1. The van der Waals surface area contributed by atoms with Gasteiger partial charge >= 0.3 is 12.2 Å². The Labute approximate surface area is 193 Å². The number of nitrogens with zero attached hydrogens (tertiary/aromatic N) is 3. The highest BCUT2D eigenvalue weighted by Crippen LogP contribution is 2.36. The molecule has 2 saturated heterocycles. The van der Waals surface area contributed by atoms with Crippen LogP contribution in [0.15, 0.2) is 18.2 Å². The molecule has 0 aromatic heterocycles. The molecule has 0 saturated carbocycles. The molecule has 1 N–H and O–H groups in total. The fourth-order valence-corrected chi connectivity index (χ4v) is 4.57. The Morgan fingerprint density at radius 3 is 2.29 bits per heavy atom. The Kier molecular flexibility index (Phi) is 6.90. The van der Waals surface area contributed by atoms with Gasteiger partial charge in [0.25, 0.3) is 11.8 Å². The van der Waals surface area contributed by atoms with Crippen LogP contribution in [0.4, 0.5) is 22.4 Å². The van der Waals surface area contributed by atoms with Crippen LogP contribution in [0, 0.1) is 5.82 Å². The van der Waals surface area contributed by atoms with E-state index in [-0.39, 0.29) is 38.3 Å². The van der Waals surface area contributed by atoms with Crippen molar-refractivity contribution in [2.75, 3.05) is 26.7 Å². The fourth-order valence-electron chi connectivity index (χ4n) is 4.57. The van der Waals surface area contributed by atoms with Crippen LogP contribution in [0.25, 0.3) is 0 Å². The summed E-state index contributed by atoms with van der Waals surface area (Å²) in [6, 6.07) is 0.00597. The number of imide groups is 1. The third-order valence-electron chi connectivity index (χ3n) is 6.51. The zero-order chi connectivity index (χ0) is 25.4. The second-order valence-corrected chi connectivity index (χ2v) is 8.37. The predicted octanol–water partition coefficient (Wildman–Crippen LogP) is 2.63. The van der Waals surface area contributed by atoms with Crippen molar-refractivity contribution in [2.24, 2.45) is 0 Å². The van der Waals surface area contributed by atoms with Gasteiger partial charge in [-0.2, -0.15) is 13.2 Å². The van der Waals surface area contributed by atoms with Crippen LogP contribution >= 0.6 is 0 Å². The molecule has 1 aromatic carbocycles. The summed E-state index contributed by atoms with van der Waals surface area (Å²) in [7, 11) is 1.41. The first-order valence-corrected chi connectivity index (χ1v) is 10.9. The number of rotatable bonds is 5. The predicted molar refractivity (Wildman–Crippen MR) is 112 cm³/mol.